The Morgan fingerprint density at radius 1 is 1.25 bits per heavy atom. The Hall–Kier alpha value is -4.21. The highest BCUT2D eigenvalue weighted by Crippen LogP contribution is 2.34. The number of para-hydroxylation sites is 2. The number of benzene rings is 1. The highest BCUT2D eigenvalue weighted by Gasteiger charge is 2.35. The van der Waals surface area contributed by atoms with E-state index in [1.54, 1.807) is 49.6 Å². The first-order valence-corrected chi connectivity index (χ1v) is 9.97. The molecule has 1 aromatic carbocycles. The van der Waals surface area contributed by atoms with Gasteiger partial charge >= 0.3 is 5.69 Å². The number of hydrazone groups is 1. The number of hydrogen-bond acceptors (Lipinski definition) is 7. The lowest BCUT2D eigenvalue weighted by Crippen LogP contribution is -2.33. The predicted octanol–water partition coefficient (Wildman–Crippen LogP) is 1.72. The van der Waals surface area contributed by atoms with E-state index in [9.17, 15) is 19.5 Å². The topological polar surface area (TPSA) is 130 Å². The molecule has 4 rings (SSSR count). The number of nitrogens with zero attached hydrogens (tertiary/aromatic N) is 4. The number of hydrogen-bond donors (Lipinski definition) is 2. The summed E-state index contributed by atoms with van der Waals surface area (Å²) in [5, 5.41) is 16.7. The first-order valence-electron chi connectivity index (χ1n) is 9.97. The molecule has 0 spiro atoms. The van der Waals surface area contributed by atoms with Crippen molar-refractivity contribution in [3.63, 3.8) is 0 Å². The summed E-state index contributed by atoms with van der Waals surface area (Å²) in [7, 11) is 1.43. The summed E-state index contributed by atoms with van der Waals surface area (Å²) in [6.45, 7) is 1.71. The molecule has 0 radical (unpaired) electrons. The molecule has 3 heterocycles. The fourth-order valence-corrected chi connectivity index (χ4v) is 3.71. The first-order chi connectivity index (χ1) is 15.5. The van der Waals surface area contributed by atoms with Crippen LogP contribution in [0.5, 0.6) is 11.6 Å². The summed E-state index contributed by atoms with van der Waals surface area (Å²) in [4.78, 5) is 44.2. The zero-order valence-corrected chi connectivity index (χ0v) is 17.5. The number of aromatic hydroxyl groups is 1. The third-order valence-electron chi connectivity index (χ3n) is 5.24. The minimum atomic E-state index is -0.829. The summed E-state index contributed by atoms with van der Waals surface area (Å²) >= 11 is 0. The second-order valence-electron chi connectivity index (χ2n) is 7.11. The summed E-state index contributed by atoms with van der Waals surface area (Å²) in [6, 6.07) is 9.65. The molecule has 0 saturated carbocycles. The van der Waals surface area contributed by atoms with Crippen LogP contribution >= 0.6 is 0 Å². The van der Waals surface area contributed by atoms with Crippen molar-refractivity contribution in [3.8, 4) is 17.3 Å². The van der Waals surface area contributed by atoms with E-state index in [1.165, 1.54) is 12.1 Å². The number of carbonyl (C=O) groups is 1. The number of aromatic nitrogens is 3. The first kappa shape index (κ1) is 21.0. The van der Waals surface area contributed by atoms with E-state index in [4.69, 9.17) is 4.74 Å². The van der Waals surface area contributed by atoms with E-state index in [0.29, 0.717) is 5.75 Å². The van der Waals surface area contributed by atoms with Gasteiger partial charge < -0.3 is 9.84 Å². The maximum atomic E-state index is 12.7. The Morgan fingerprint density at radius 3 is 2.72 bits per heavy atom. The zero-order valence-electron chi connectivity index (χ0n) is 17.5. The van der Waals surface area contributed by atoms with Crippen molar-refractivity contribution >= 4 is 11.6 Å². The minimum absolute atomic E-state index is 0.165. The number of carbonyl (C=O) groups excluding carboxylic acids is 1. The van der Waals surface area contributed by atoms with E-state index >= 15 is 0 Å². The number of H-pyrrole nitrogens is 1. The molecule has 1 aliphatic heterocycles. The highest BCUT2D eigenvalue weighted by molar-refractivity contribution is 6.04. The number of pyridine rings is 1. The maximum Gasteiger partial charge on any atom is 0.335 e. The number of rotatable bonds is 5. The van der Waals surface area contributed by atoms with Gasteiger partial charge in [-0.05, 0) is 23.8 Å². The van der Waals surface area contributed by atoms with Crippen LogP contribution in [0.15, 0.2) is 63.5 Å². The van der Waals surface area contributed by atoms with Crippen molar-refractivity contribution < 1.29 is 14.6 Å². The normalized spacial score (nSPS) is 15.5. The van der Waals surface area contributed by atoms with E-state index in [-0.39, 0.29) is 35.7 Å². The number of aromatic amines is 1. The van der Waals surface area contributed by atoms with Gasteiger partial charge in [-0.25, -0.2) is 14.4 Å². The maximum absolute atomic E-state index is 12.7. The van der Waals surface area contributed by atoms with Crippen LogP contribution in [0.4, 0.5) is 0 Å². The molecule has 0 fully saturated rings. The second-order valence-corrected chi connectivity index (χ2v) is 7.11. The van der Waals surface area contributed by atoms with Gasteiger partial charge in [0.2, 0.25) is 11.8 Å². The van der Waals surface area contributed by atoms with E-state index in [1.807, 2.05) is 6.07 Å². The van der Waals surface area contributed by atoms with Gasteiger partial charge in [0, 0.05) is 25.2 Å². The Balaban J connectivity index is 1.88. The van der Waals surface area contributed by atoms with Gasteiger partial charge in [0.15, 0.2) is 0 Å². The van der Waals surface area contributed by atoms with Crippen molar-refractivity contribution in [3.05, 3.63) is 80.8 Å². The van der Waals surface area contributed by atoms with Gasteiger partial charge in [-0.15, -0.1) is 0 Å². The van der Waals surface area contributed by atoms with Gasteiger partial charge in [-0.3, -0.25) is 19.6 Å². The van der Waals surface area contributed by atoms with E-state index in [2.05, 4.69) is 15.1 Å². The van der Waals surface area contributed by atoms with Crippen LogP contribution in [0.2, 0.25) is 0 Å². The molecule has 164 valence electrons. The van der Waals surface area contributed by atoms with Gasteiger partial charge in [-0.2, -0.15) is 5.10 Å². The predicted molar refractivity (Wildman–Crippen MR) is 116 cm³/mol. The standard InChI is InChI=1S/C22H21N5O5/c1-3-18(28)27-16(13-7-6-10-23-12-13)11-14(25-27)19-20(29)24-22(31)26(21(19)30)15-8-4-5-9-17(15)32-2/h4-10,12,16,30H,3,11H2,1-2H3,(H,24,29,31)/t16-/m0/s1. The zero-order chi connectivity index (χ0) is 22.8. The summed E-state index contributed by atoms with van der Waals surface area (Å²) in [5.41, 5.74) is -0.641. The third-order valence-corrected chi connectivity index (χ3v) is 5.24. The molecule has 2 aromatic heterocycles. The van der Waals surface area contributed by atoms with Crippen LogP contribution in [0.1, 0.15) is 36.9 Å². The molecular weight excluding hydrogens is 414 g/mol. The van der Waals surface area contributed by atoms with Crippen LogP contribution in [-0.4, -0.2) is 43.4 Å². The Kier molecular flexibility index (Phi) is 5.59. The molecule has 0 saturated heterocycles. The molecule has 1 atom stereocenters. The average molecular weight is 435 g/mol. The average Bonchev–Trinajstić information content (AvgIpc) is 3.24. The molecule has 1 aliphatic rings. The molecule has 32 heavy (non-hydrogen) atoms. The lowest BCUT2D eigenvalue weighted by Gasteiger charge is -2.21. The quantitative estimate of drug-likeness (QED) is 0.628. The van der Waals surface area contributed by atoms with Gasteiger partial charge in [0.05, 0.1) is 24.6 Å². The Bertz CT molecular complexity index is 1310. The van der Waals surface area contributed by atoms with E-state index < -0.39 is 23.2 Å². The van der Waals surface area contributed by atoms with Crippen molar-refractivity contribution in [2.45, 2.75) is 25.8 Å². The van der Waals surface area contributed by atoms with Crippen molar-refractivity contribution in [2.75, 3.05) is 7.11 Å². The Morgan fingerprint density at radius 2 is 2.03 bits per heavy atom. The van der Waals surface area contributed by atoms with Crippen LogP contribution < -0.4 is 16.0 Å². The smallest absolute Gasteiger partial charge is 0.335 e. The van der Waals surface area contributed by atoms with Crippen molar-refractivity contribution in [2.24, 2.45) is 5.10 Å². The van der Waals surface area contributed by atoms with Crippen LogP contribution in [0.25, 0.3) is 5.69 Å². The highest BCUT2D eigenvalue weighted by atomic mass is 16.5. The summed E-state index contributed by atoms with van der Waals surface area (Å²) in [5.74, 6) is -0.507. The molecular formula is C22H21N5O5. The van der Waals surface area contributed by atoms with Crippen LogP contribution in [0.3, 0.4) is 0 Å². The summed E-state index contributed by atoms with van der Waals surface area (Å²) < 4.78 is 6.24. The number of nitrogens with one attached hydrogen (secondary N) is 1. The van der Waals surface area contributed by atoms with Crippen LogP contribution in [-0.2, 0) is 4.79 Å². The lowest BCUT2D eigenvalue weighted by molar-refractivity contribution is -0.132. The van der Waals surface area contributed by atoms with Crippen molar-refractivity contribution in [1.29, 1.82) is 0 Å². The van der Waals surface area contributed by atoms with Gasteiger partial charge in [0.25, 0.3) is 5.56 Å². The Labute approximate surface area is 182 Å². The fraction of sp³-hybridized carbons (Fsp3) is 0.227. The lowest BCUT2D eigenvalue weighted by atomic mass is 10.0. The largest absolute Gasteiger partial charge is 0.495 e. The molecule has 2 N–H and O–H groups in total. The molecule has 1 amide bonds. The third kappa shape index (κ3) is 3.55. The number of ether oxygens (including phenoxy) is 1. The van der Waals surface area contributed by atoms with Crippen molar-refractivity contribution in [1.82, 2.24) is 19.5 Å². The number of methoxy groups -OCH3 is 1. The SMILES string of the molecule is CCC(=O)N1N=C(c2c(O)n(-c3ccccc3OC)c(=O)[nH]c2=O)C[C@H]1c1cccnc1. The minimum Gasteiger partial charge on any atom is -0.495 e. The van der Waals surface area contributed by atoms with E-state index in [0.717, 1.165) is 10.1 Å². The van der Waals surface area contributed by atoms with Gasteiger partial charge in [0.1, 0.15) is 11.3 Å². The molecule has 10 heteroatoms. The number of amides is 1. The molecule has 0 aliphatic carbocycles. The van der Waals surface area contributed by atoms with Gasteiger partial charge in [-0.1, -0.05) is 25.1 Å². The van der Waals surface area contributed by atoms with Crippen LogP contribution in [0, 0.1) is 0 Å². The molecule has 0 bridgehead atoms. The fourth-order valence-electron chi connectivity index (χ4n) is 3.71. The molecule has 3 aromatic rings. The second kappa shape index (κ2) is 8.50. The molecule has 10 nitrogen and oxygen atoms in total. The molecule has 0 unspecified atom stereocenters. The monoisotopic (exact) mass is 435 g/mol. The summed E-state index contributed by atoms with van der Waals surface area (Å²) in [6.07, 6.45) is 3.61.